The van der Waals surface area contributed by atoms with Gasteiger partial charge in [0.15, 0.2) is 5.78 Å². The molecule has 28 heavy (non-hydrogen) atoms. The minimum Gasteiger partial charge on any atom is -0.497 e. The molecule has 0 heterocycles. The first-order valence-corrected chi connectivity index (χ1v) is 9.04. The van der Waals surface area contributed by atoms with Gasteiger partial charge >= 0.3 is 0 Å². The lowest BCUT2D eigenvalue weighted by atomic mass is 10.0. The number of hydrogen-bond donors (Lipinski definition) is 2. The molecule has 0 spiro atoms. The zero-order chi connectivity index (χ0) is 19.8. The summed E-state index contributed by atoms with van der Waals surface area (Å²) in [6, 6.07) is 23.5. The molecule has 144 valence electrons. The number of benzene rings is 3. The maximum Gasteiger partial charge on any atom is 0.193 e. The number of anilines is 1. The van der Waals surface area contributed by atoms with Gasteiger partial charge in [-0.25, -0.2) is 0 Å². The van der Waals surface area contributed by atoms with Crippen molar-refractivity contribution in [3.63, 3.8) is 0 Å². The monoisotopic (exact) mass is 377 g/mol. The number of aliphatic hydroxyl groups excluding tert-OH is 1. The van der Waals surface area contributed by atoms with Crippen LogP contribution in [0.25, 0.3) is 0 Å². The van der Waals surface area contributed by atoms with Crippen LogP contribution in [0, 0.1) is 0 Å². The molecule has 0 saturated heterocycles. The quantitative estimate of drug-likeness (QED) is 0.556. The SMILES string of the molecule is COc1ccc(NC[C@@H](O)COc2ccc(C(=O)c3ccccc3)cc2)cc1. The van der Waals surface area contributed by atoms with Gasteiger partial charge in [0.05, 0.1) is 7.11 Å². The summed E-state index contributed by atoms with van der Waals surface area (Å²) < 4.78 is 10.7. The second kappa shape index (κ2) is 9.58. The van der Waals surface area contributed by atoms with Gasteiger partial charge in [-0.3, -0.25) is 4.79 Å². The second-order valence-electron chi connectivity index (χ2n) is 6.29. The Hall–Kier alpha value is -3.31. The molecule has 0 saturated carbocycles. The van der Waals surface area contributed by atoms with Crippen molar-refractivity contribution in [2.75, 3.05) is 25.6 Å². The molecule has 0 amide bonds. The number of carbonyl (C=O) groups excluding carboxylic acids is 1. The van der Waals surface area contributed by atoms with Crippen molar-refractivity contribution in [2.45, 2.75) is 6.10 Å². The van der Waals surface area contributed by atoms with Crippen LogP contribution in [0.2, 0.25) is 0 Å². The van der Waals surface area contributed by atoms with Gasteiger partial charge in [-0.2, -0.15) is 0 Å². The summed E-state index contributed by atoms with van der Waals surface area (Å²) in [5.74, 6) is 1.35. The highest BCUT2D eigenvalue weighted by Gasteiger charge is 2.09. The van der Waals surface area contributed by atoms with E-state index in [-0.39, 0.29) is 12.4 Å². The zero-order valence-electron chi connectivity index (χ0n) is 15.7. The zero-order valence-corrected chi connectivity index (χ0v) is 15.7. The Labute approximate surface area is 164 Å². The molecule has 1 atom stereocenters. The minimum absolute atomic E-state index is 0.0316. The third kappa shape index (κ3) is 5.34. The average Bonchev–Trinajstić information content (AvgIpc) is 2.77. The van der Waals surface area contributed by atoms with Gasteiger partial charge in [0.1, 0.15) is 24.2 Å². The second-order valence-corrected chi connectivity index (χ2v) is 6.29. The lowest BCUT2D eigenvalue weighted by Crippen LogP contribution is -2.26. The van der Waals surface area contributed by atoms with E-state index in [1.807, 2.05) is 42.5 Å². The molecular weight excluding hydrogens is 354 g/mol. The van der Waals surface area contributed by atoms with Crippen LogP contribution in [-0.2, 0) is 0 Å². The van der Waals surface area contributed by atoms with Crippen LogP contribution in [0.1, 0.15) is 15.9 Å². The van der Waals surface area contributed by atoms with E-state index in [1.54, 1.807) is 43.5 Å². The van der Waals surface area contributed by atoms with E-state index in [0.29, 0.717) is 23.4 Å². The number of aliphatic hydroxyl groups is 1. The van der Waals surface area contributed by atoms with E-state index in [2.05, 4.69) is 5.32 Å². The van der Waals surface area contributed by atoms with Crippen molar-refractivity contribution >= 4 is 11.5 Å². The first kappa shape index (κ1) is 19.5. The Morgan fingerprint density at radius 2 is 1.50 bits per heavy atom. The lowest BCUT2D eigenvalue weighted by Gasteiger charge is -2.14. The molecule has 0 fully saturated rings. The molecule has 0 radical (unpaired) electrons. The summed E-state index contributed by atoms with van der Waals surface area (Å²) in [5.41, 5.74) is 2.14. The number of nitrogens with one attached hydrogen (secondary N) is 1. The van der Waals surface area contributed by atoms with Crippen molar-refractivity contribution in [3.05, 3.63) is 90.0 Å². The Morgan fingerprint density at radius 3 is 2.14 bits per heavy atom. The number of ketones is 1. The lowest BCUT2D eigenvalue weighted by molar-refractivity contribution is 0.103. The van der Waals surface area contributed by atoms with E-state index in [9.17, 15) is 9.90 Å². The molecule has 3 aromatic rings. The van der Waals surface area contributed by atoms with Crippen LogP contribution in [-0.4, -0.2) is 37.3 Å². The van der Waals surface area contributed by atoms with E-state index in [4.69, 9.17) is 9.47 Å². The van der Waals surface area contributed by atoms with E-state index >= 15 is 0 Å². The molecular formula is C23H23NO4. The summed E-state index contributed by atoms with van der Waals surface area (Å²) in [7, 11) is 1.62. The molecule has 0 aliphatic heterocycles. The van der Waals surface area contributed by atoms with Gasteiger partial charge in [-0.1, -0.05) is 30.3 Å². The van der Waals surface area contributed by atoms with Crippen LogP contribution in [0.5, 0.6) is 11.5 Å². The van der Waals surface area contributed by atoms with Gasteiger partial charge < -0.3 is 19.9 Å². The summed E-state index contributed by atoms with van der Waals surface area (Å²) in [6.07, 6.45) is -0.673. The van der Waals surface area contributed by atoms with E-state index < -0.39 is 6.10 Å². The Balaban J connectivity index is 1.46. The van der Waals surface area contributed by atoms with E-state index in [0.717, 1.165) is 11.4 Å². The first-order valence-electron chi connectivity index (χ1n) is 9.04. The number of carbonyl (C=O) groups is 1. The topological polar surface area (TPSA) is 67.8 Å². The van der Waals surface area contributed by atoms with Gasteiger partial charge in [0.25, 0.3) is 0 Å². The highest BCUT2D eigenvalue weighted by atomic mass is 16.5. The van der Waals surface area contributed by atoms with Crippen molar-refractivity contribution in [3.8, 4) is 11.5 Å². The third-order valence-corrected chi connectivity index (χ3v) is 4.23. The van der Waals surface area contributed by atoms with Crippen molar-refractivity contribution in [1.29, 1.82) is 0 Å². The molecule has 0 unspecified atom stereocenters. The van der Waals surface area contributed by atoms with Crippen LogP contribution < -0.4 is 14.8 Å². The molecule has 5 heteroatoms. The number of methoxy groups -OCH3 is 1. The van der Waals surface area contributed by atoms with Gasteiger partial charge in [-0.15, -0.1) is 0 Å². The fraction of sp³-hybridized carbons (Fsp3) is 0.174. The summed E-state index contributed by atoms with van der Waals surface area (Å²) in [5, 5.41) is 13.2. The third-order valence-electron chi connectivity index (χ3n) is 4.23. The van der Waals surface area contributed by atoms with Crippen LogP contribution in [0.4, 0.5) is 5.69 Å². The van der Waals surface area contributed by atoms with Crippen LogP contribution in [0.3, 0.4) is 0 Å². The summed E-state index contributed by atoms with van der Waals surface area (Å²) >= 11 is 0. The number of ether oxygens (including phenoxy) is 2. The van der Waals surface area contributed by atoms with Crippen LogP contribution in [0.15, 0.2) is 78.9 Å². The highest BCUT2D eigenvalue weighted by Crippen LogP contribution is 2.17. The van der Waals surface area contributed by atoms with Crippen molar-refractivity contribution in [1.82, 2.24) is 0 Å². The molecule has 0 aliphatic rings. The fourth-order valence-electron chi connectivity index (χ4n) is 2.65. The molecule has 0 aromatic heterocycles. The standard InChI is InChI=1S/C23H23NO4/c1-27-21-13-9-19(10-14-21)24-15-20(25)16-28-22-11-7-18(8-12-22)23(26)17-5-3-2-4-6-17/h2-14,20,24-25H,15-16H2,1H3/t20-/m1/s1. The molecule has 2 N–H and O–H groups in total. The fourth-order valence-corrected chi connectivity index (χ4v) is 2.65. The number of rotatable bonds is 9. The molecule has 3 aromatic carbocycles. The van der Waals surface area contributed by atoms with E-state index in [1.165, 1.54) is 0 Å². The Morgan fingerprint density at radius 1 is 0.893 bits per heavy atom. The average molecular weight is 377 g/mol. The first-order chi connectivity index (χ1) is 13.7. The maximum absolute atomic E-state index is 12.4. The Bertz CT molecular complexity index is 877. The predicted molar refractivity (Wildman–Crippen MR) is 109 cm³/mol. The maximum atomic E-state index is 12.4. The smallest absolute Gasteiger partial charge is 0.193 e. The van der Waals surface area contributed by atoms with Gasteiger partial charge in [0.2, 0.25) is 0 Å². The Kier molecular flexibility index (Phi) is 6.65. The molecule has 5 nitrogen and oxygen atoms in total. The van der Waals surface area contributed by atoms with Crippen molar-refractivity contribution in [2.24, 2.45) is 0 Å². The highest BCUT2D eigenvalue weighted by molar-refractivity contribution is 6.08. The largest absolute Gasteiger partial charge is 0.497 e. The normalized spacial score (nSPS) is 11.5. The predicted octanol–water partition coefficient (Wildman–Crippen LogP) is 3.78. The van der Waals surface area contributed by atoms with Crippen molar-refractivity contribution < 1.29 is 19.4 Å². The molecule has 0 bridgehead atoms. The van der Waals surface area contributed by atoms with Gasteiger partial charge in [0, 0.05) is 23.4 Å². The number of hydrogen-bond acceptors (Lipinski definition) is 5. The minimum atomic E-state index is -0.673. The molecule has 0 aliphatic carbocycles. The summed E-state index contributed by atoms with van der Waals surface area (Å²) in [4.78, 5) is 12.4. The summed E-state index contributed by atoms with van der Waals surface area (Å²) in [6.45, 7) is 0.506. The molecule has 3 rings (SSSR count). The van der Waals surface area contributed by atoms with Crippen LogP contribution >= 0.6 is 0 Å². The van der Waals surface area contributed by atoms with Gasteiger partial charge in [-0.05, 0) is 48.5 Å².